The van der Waals surface area contributed by atoms with Gasteiger partial charge in [-0.15, -0.1) is 0 Å². The van der Waals surface area contributed by atoms with E-state index in [9.17, 15) is 0 Å². The van der Waals surface area contributed by atoms with Crippen LogP contribution in [-0.2, 0) is 4.74 Å². The number of aryl methyl sites for hydroxylation is 1. The summed E-state index contributed by atoms with van der Waals surface area (Å²) in [5.41, 5.74) is 1.65. The molecule has 19 heavy (non-hydrogen) atoms. The number of aromatic nitrogens is 2. The van der Waals surface area contributed by atoms with Gasteiger partial charge in [-0.05, 0) is 38.2 Å². The van der Waals surface area contributed by atoms with Crippen molar-refractivity contribution < 1.29 is 4.74 Å². The summed E-state index contributed by atoms with van der Waals surface area (Å²) in [4.78, 5) is 8.55. The van der Waals surface area contributed by atoms with E-state index < -0.39 is 0 Å². The Labute approximate surface area is 117 Å². The molecule has 1 aromatic carbocycles. The molecule has 0 amide bonds. The van der Waals surface area contributed by atoms with E-state index >= 15 is 0 Å². The number of para-hydroxylation sites is 1. The van der Waals surface area contributed by atoms with Gasteiger partial charge in [0.1, 0.15) is 11.6 Å². The minimum Gasteiger partial charge on any atom is -0.483 e. The molecule has 1 aromatic heterocycles. The van der Waals surface area contributed by atoms with Gasteiger partial charge in [0.05, 0.1) is 12.2 Å². The highest BCUT2D eigenvalue weighted by Crippen LogP contribution is 2.19. The molecule has 0 spiro atoms. The molecule has 4 nitrogen and oxygen atoms in total. The summed E-state index contributed by atoms with van der Waals surface area (Å²) in [7, 11) is 0. The first-order chi connectivity index (χ1) is 9.20. The Morgan fingerprint density at radius 1 is 1.32 bits per heavy atom. The van der Waals surface area contributed by atoms with Gasteiger partial charge in [-0.2, -0.15) is 0 Å². The normalized spacial score (nSPS) is 10.0. The molecule has 0 fully saturated rings. The van der Waals surface area contributed by atoms with E-state index in [1.807, 2.05) is 44.2 Å². The van der Waals surface area contributed by atoms with Crippen LogP contribution < -0.4 is 5.32 Å². The summed E-state index contributed by atoms with van der Waals surface area (Å²) in [6.45, 7) is 4.26. The monoisotopic (exact) mass is 273 g/mol. The second-order valence-corrected chi connectivity index (χ2v) is 4.26. The average molecular weight is 273 g/mol. The highest BCUT2D eigenvalue weighted by molar-refractivity contribution is 7.80. The van der Waals surface area contributed by atoms with E-state index in [0.29, 0.717) is 28.9 Å². The number of thiocarbonyl (C=S) groups is 1. The van der Waals surface area contributed by atoms with Crippen molar-refractivity contribution in [3.8, 4) is 0 Å². The van der Waals surface area contributed by atoms with E-state index in [-0.39, 0.29) is 0 Å². The molecular weight excluding hydrogens is 258 g/mol. The van der Waals surface area contributed by atoms with Crippen molar-refractivity contribution >= 4 is 28.8 Å². The Hall–Kier alpha value is -2.01. The van der Waals surface area contributed by atoms with E-state index in [4.69, 9.17) is 17.0 Å². The lowest BCUT2D eigenvalue weighted by molar-refractivity contribution is 0.337. The SMILES string of the molecule is CCOC(=S)c1cnc(C)nc1Nc1ccccc1. The molecule has 5 heteroatoms. The molecule has 1 heterocycles. The van der Waals surface area contributed by atoms with Gasteiger partial charge < -0.3 is 10.1 Å². The molecule has 0 saturated heterocycles. The van der Waals surface area contributed by atoms with Crippen molar-refractivity contribution in [2.45, 2.75) is 13.8 Å². The van der Waals surface area contributed by atoms with Crippen LogP contribution >= 0.6 is 12.2 Å². The fraction of sp³-hybridized carbons (Fsp3) is 0.214. The van der Waals surface area contributed by atoms with E-state index in [0.717, 1.165) is 5.69 Å². The number of hydrogen-bond donors (Lipinski definition) is 1. The summed E-state index contributed by atoms with van der Waals surface area (Å²) < 4.78 is 5.36. The number of benzene rings is 1. The largest absolute Gasteiger partial charge is 0.483 e. The van der Waals surface area contributed by atoms with Crippen LogP contribution in [0.1, 0.15) is 18.3 Å². The molecule has 2 aromatic rings. The summed E-state index contributed by atoms with van der Waals surface area (Å²) >= 11 is 5.22. The average Bonchev–Trinajstić information content (AvgIpc) is 2.40. The van der Waals surface area contributed by atoms with Gasteiger partial charge in [-0.3, -0.25) is 0 Å². The molecule has 0 saturated carbocycles. The van der Waals surface area contributed by atoms with Crippen LogP contribution in [0.2, 0.25) is 0 Å². The predicted molar refractivity (Wildman–Crippen MR) is 79.8 cm³/mol. The van der Waals surface area contributed by atoms with Crippen molar-refractivity contribution in [2.75, 3.05) is 11.9 Å². The molecule has 0 radical (unpaired) electrons. The smallest absolute Gasteiger partial charge is 0.196 e. The quantitative estimate of drug-likeness (QED) is 0.867. The van der Waals surface area contributed by atoms with Crippen LogP contribution in [0, 0.1) is 6.92 Å². The highest BCUT2D eigenvalue weighted by atomic mass is 32.1. The molecule has 0 unspecified atom stereocenters. The number of rotatable bonds is 4. The lowest BCUT2D eigenvalue weighted by Gasteiger charge is -2.12. The maximum absolute atomic E-state index is 5.36. The number of hydrogen-bond acceptors (Lipinski definition) is 5. The van der Waals surface area contributed by atoms with Gasteiger partial charge in [0.15, 0.2) is 5.05 Å². The van der Waals surface area contributed by atoms with E-state index in [1.165, 1.54) is 0 Å². The van der Waals surface area contributed by atoms with Crippen LogP contribution in [0.15, 0.2) is 36.5 Å². The third kappa shape index (κ3) is 3.48. The minimum absolute atomic E-state index is 0.404. The van der Waals surface area contributed by atoms with Crippen molar-refractivity contribution in [2.24, 2.45) is 0 Å². The number of nitrogens with zero attached hydrogens (tertiary/aromatic N) is 2. The Bertz CT molecular complexity index is 572. The summed E-state index contributed by atoms with van der Waals surface area (Å²) in [5, 5.41) is 3.64. The summed E-state index contributed by atoms with van der Waals surface area (Å²) in [6.07, 6.45) is 1.69. The third-order valence-electron chi connectivity index (χ3n) is 2.44. The lowest BCUT2D eigenvalue weighted by Crippen LogP contribution is -2.10. The lowest BCUT2D eigenvalue weighted by atomic mass is 10.3. The van der Waals surface area contributed by atoms with Crippen LogP contribution in [0.4, 0.5) is 11.5 Å². The van der Waals surface area contributed by atoms with Gasteiger partial charge in [0.25, 0.3) is 0 Å². The molecule has 0 aliphatic heterocycles. The van der Waals surface area contributed by atoms with Crippen molar-refractivity contribution in [3.05, 3.63) is 47.9 Å². The Morgan fingerprint density at radius 2 is 2.05 bits per heavy atom. The fourth-order valence-electron chi connectivity index (χ4n) is 1.58. The molecule has 0 atom stereocenters. The van der Waals surface area contributed by atoms with Gasteiger partial charge in [0.2, 0.25) is 0 Å². The molecule has 98 valence electrons. The first-order valence-electron chi connectivity index (χ1n) is 6.03. The van der Waals surface area contributed by atoms with Crippen LogP contribution in [0.25, 0.3) is 0 Å². The Kier molecular flexibility index (Phi) is 4.41. The summed E-state index contributed by atoms with van der Waals surface area (Å²) in [5.74, 6) is 1.35. The van der Waals surface area contributed by atoms with Crippen LogP contribution in [0.5, 0.6) is 0 Å². The van der Waals surface area contributed by atoms with E-state index in [2.05, 4.69) is 15.3 Å². The Balaban J connectivity index is 2.32. The first kappa shape index (κ1) is 13.4. The second-order valence-electron chi connectivity index (χ2n) is 3.89. The maximum Gasteiger partial charge on any atom is 0.196 e. The van der Waals surface area contributed by atoms with Gasteiger partial charge in [-0.25, -0.2) is 9.97 Å². The molecule has 0 aliphatic rings. The van der Waals surface area contributed by atoms with Crippen LogP contribution in [0.3, 0.4) is 0 Å². The zero-order chi connectivity index (χ0) is 13.7. The molecule has 1 N–H and O–H groups in total. The third-order valence-corrected chi connectivity index (χ3v) is 2.78. The molecular formula is C14H15N3OS. The maximum atomic E-state index is 5.36. The van der Waals surface area contributed by atoms with Crippen molar-refractivity contribution in [1.82, 2.24) is 9.97 Å². The van der Waals surface area contributed by atoms with Crippen LogP contribution in [-0.4, -0.2) is 21.6 Å². The van der Waals surface area contributed by atoms with Crippen molar-refractivity contribution in [1.29, 1.82) is 0 Å². The highest BCUT2D eigenvalue weighted by Gasteiger charge is 2.11. The number of nitrogens with one attached hydrogen (secondary N) is 1. The molecule has 0 bridgehead atoms. The van der Waals surface area contributed by atoms with Gasteiger partial charge in [-0.1, -0.05) is 18.2 Å². The fourth-order valence-corrected chi connectivity index (χ4v) is 1.85. The minimum atomic E-state index is 0.404. The predicted octanol–water partition coefficient (Wildman–Crippen LogP) is 3.24. The molecule has 2 rings (SSSR count). The first-order valence-corrected chi connectivity index (χ1v) is 6.44. The zero-order valence-corrected chi connectivity index (χ0v) is 11.7. The van der Waals surface area contributed by atoms with Gasteiger partial charge in [0, 0.05) is 11.9 Å². The zero-order valence-electron chi connectivity index (χ0n) is 10.9. The second kappa shape index (κ2) is 6.24. The number of ether oxygens (including phenoxy) is 1. The van der Waals surface area contributed by atoms with E-state index in [1.54, 1.807) is 6.20 Å². The molecule has 0 aliphatic carbocycles. The Morgan fingerprint density at radius 3 is 2.74 bits per heavy atom. The standard InChI is InChI=1S/C14H15N3OS/c1-3-18-14(19)12-9-15-10(2)16-13(12)17-11-7-5-4-6-8-11/h4-9H,3H2,1-2H3,(H,15,16,17). The van der Waals surface area contributed by atoms with Gasteiger partial charge >= 0.3 is 0 Å². The topological polar surface area (TPSA) is 47.0 Å². The van der Waals surface area contributed by atoms with Crippen molar-refractivity contribution in [3.63, 3.8) is 0 Å². The number of anilines is 2. The summed E-state index contributed by atoms with van der Waals surface area (Å²) in [6, 6.07) is 9.80.